The number of fused-ring (bicyclic) bond motifs is 1. The molecular weight excluding hydrogens is 393 g/mol. The first-order valence-corrected chi connectivity index (χ1v) is 7.91. The van der Waals surface area contributed by atoms with Crippen molar-refractivity contribution in [3.8, 4) is 0 Å². The number of carbonyl (C=O) groups excluding carboxylic acids is 2. The zero-order chi connectivity index (χ0) is 19.8. The number of aryl methyl sites for hydroxylation is 1. The molecule has 0 saturated heterocycles. The van der Waals surface area contributed by atoms with Crippen LogP contribution < -0.4 is 10.6 Å². The number of halogens is 4. The van der Waals surface area contributed by atoms with Crippen molar-refractivity contribution in [3.63, 3.8) is 0 Å². The van der Waals surface area contributed by atoms with E-state index >= 15 is 0 Å². The van der Waals surface area contributed by atoms with Crippen LogP contribution in [0, 0.1) is 6.92 Å². The number of amides is 2. The van der Waals surface area contributed by atoms with Crippen molar-refractivity contribution in [2.24, 2.45) is 0 Å². The molecule has 1 aliphatic rings. The van der Waals surface area contributed by atoms with E-state index in [4.69, 9.17) is 11.6 Å². The molecule has 0 bridgehead atoms. The van der Waals surface area contributed by atoms with Gasteiger partial charge in [-0.2, -0.15) is 13.2 Å². The third-order valence-electron chi connectivity index (χ3n) is 3.99. The zero-order valence-electron chi connectivity index (χ0n) is 13.7. The van der Waals surface area contributed by atoms with Gasteiger partial charge in [0.05, 0.1) is 18.7 Å². The normalized spacial score (nSPS) is 19.1. The minimum Gasteiger partial charge on any atom is -0.426 e. The predicted octanol–water partition coefficient (Wildman–Crippen LogP) is 2.71. The largest absolute Gasteiger partial charge is 0.434 e. The van der Waals surface area contributed by atoms with Crippen LogP contribution in [-0.2, 0) is 21.6 Å². The minimum atomic E-state index is -5.02. The van der Waals surface area contributed by atoms with Crippen molar-refractivity contribution in [2.45, 2.75) is 25.1 Å². The lowest BCUT2D eigenvalue weighted by atomic mass is 9.89. The number of anilines is 1. The van der Waals surface area contributed by atoms with Crippen LogP contribution in [0.25, 0.3) is 0 Å². The van der Waals surface area contributed by atoms with Gasteiger partial charge < -0.3 is 10.1 Å². The molecule has 2 N–H and O–H groups in total. The van der Waals surface area contributed by atoms with Crippen molar-refractivity contribution in [3.05, 3.63) is 40.2 Å². The lowest BCUT2D eigenvalue weighted by Gasteiger charge is -2.39. The molecular formula is C15H12ClF3N4O4. The summed E-state index contributed by atoms with van der Waals surface area (Å²) in [5.41, 5.74) is -3.11. The summed E-state index contributed by atoms with van der Waals surface area (Å²) < 4.78 is 50.9. The van der Waals surface area contributed by atoms with Crippen LogP contribution in [-0.4, -0.2) is 35.0 Å². The number of nitrogens with one attached hydrogen (secondary N) is 2. The quantitative estimate of drug-likeness (QED) is 0.811. The van der Waals surface area contributed by atoms with Crippen LogP contribution >= 0.6 is 11.6 Å². The van der Waals surface area contributed by atoms with Crippen molar-refractivity contribution < 1.29 is 32.1 Å². The van der Waals surface area contributed by atoms with E-state index in [-0.39, 0.29) is 22.8 Å². The minimum absolute atomic E-state index is 0.0118. The van der Waals surface area contributed by atoms with E-state index in [0.717, 1.165) is 6.07 Å². The molecule has 1 atom stereocenters. The van der Waals surface area contributed by atoms with Gasteiger partial charge in [0.2, 0.25) is 5.91 Å². The molecule has 1 aromatic carbocycles. The number of alkyl halides is 3. The first-order valence-electron chi connectivity index (χ1n) is 7.54. The lowest BCUT2D eigenvalue weighted by Crippen LogP contribution is -2.56. The highest BCUT2D eigenvalue weighted by atomic mass is 35.5. The van der Waals surface area contributed by atoms with Gasteiger partial charge >= 0.3 is 12.3 Å². The standard InChI is InChI=1S/C15H12ClF3N4O4/c1-7-11(23-27-22-7)5-12(24)20-6-14(15(17,18)19)9-4-8(16)2-3-10(9)21-13(25)26-14/h2-4H,5-6H2,1H3,(H,20,24)(H,21,25). The van der Waals surface area contributed by atoms with Gasteiger partial charge in [-0.3, -0.25) is 10.1 Å². The third-order valence-corrected chi connectivity index (χ3v) is 4.22. The molecule has 1 aliphatic heterocycles. The Kier molecular flexibility index (Phi) is 4.72. The van der Waals surface area contributed by atoms with Crippen LogP contribution in [0.1, 0.15) is 17.0 Å². The number of carbonyl (C=O) groups is 2. The molecule has 3 rings (SSSR count). The number of nitrogens with zero attached hydrogens (tertiary/aromatic N) is 2. The summed E-state index contributed by atoms with van der Waals surface area (Å²) in [6.45, 7) is 0.490. The lowest BCUT2D eigenvalue weighted by molar-refractivity contribution is -0.262. The molecule has 12 heteroatoms. The van der Waals surface area contributed by atoms with Gasteiger partial charge in [0, 0.05) is 10.6 Å². The molecule has 1 unspecified atom stereocenters. The molecule has 0 radical (unpaired) electrons. The molecule has 1 aromatic heterocycles. The smallest absolute Gasteiger partial charge is 0.426 e. The molecule has 2 heterocycles. The Morgan fingerprint density at radius 2 is 2.11 bits per heavy atom. The van der Waals surface area contributed by atoms with Crippen molar-refractivity contribution in [1.82, 2.24) is 15.6 Å². The van der Waals surface area contributed by atoms with Crippen LogP contribution in [0.3, 0.4) is 0 Å². The summed E-state index contributed by atoms with van der Waals surface area (Å²) in [6.07, 6.45) is -6.67. The van der Waals surface area contributed by atoms with Gasteiger partial charge in [-0.25, -0.2) is 9.42 Å². The first kappa shape index (κ1) is 19.0. The third kappa shape index (κ3) is 3.54. The van der Waals surface area contributed by atoms with E-state index in [9.17, 15) is 22.8 Å². The number of cyclic esters (lactones) is 1. The second-order valence-electron chi connectivity index (χ2n) is 5.78. The van der Waals surface area contributed by atoms with Gasteiger partial charge in [0.1, 0.15) is 11.4 Å². The fourth-order valence-electron chi connectivity index (χ4n) is 2.60. The highest BCUT2D eigenvalue weighted by Crippen LogP contribution is 2.47. The van der Waals surface area contributed by atoms with E-state index in [2.05, 4.69) is 30.3 Å². The summed E-state index contributed by atoms with van der Waals surface area (Å²) in [5.74, 6) is -0.782. The molecule has 27 heavy (non-hydrogen) atoms. The number of aromatic nitrogens is 2. The van der Waals surface area contributed by atoms with Gasteiger partial charge in [-0.1, -0.05) is 21.9 Å². The Morgan fingerprint density at radius 3 is 2.74 bits per heavy atom. The van der Waals surface area contributed by atoms with Crippen molar-refractivity contribution in [2.75, 3.05) is 11.9 Å². The molecule has 2 amide bonds. The number of ether oxygens (including phenoxy) is 1. The van der Waals surface area contributed by atoms with Crippen molar-refractivity contribution in [1.29, 1.82) is 0 Å². The van der Waals surface area contributed by atoms with E-state index in [1.54, 1.807) is 0 Å². The molecule has 0 saturated carbocycles. The van der Waals surface area contributed by atoms with Gasteiger partial charge in [-0.05, 0) is 25.1 Å². The monoisotopic (exact) mass is 404 g/mol. The van der Waals surface area contributed by atoms with E-state index < -0.39 is 35.9 Å². The fourth-order valence-corrected chi connectivity index (χ4v) is 2.77. The zero-order valence-corrected chi connectivity index (χ0v) is 14.4. The summed E-state index contributed by atoms with van der Waals surface area (Å²) >= 11 is 5.82. The highest BCUT2D eigenvalue weighted by Gasteiger charge is 2.62. The van der Waals surface area contributed by atoms with Crippen LogP contribution in [0.2, 0.25) is 5.02 Å². The molecule has 0 fully saturated rings. The number of hydrogen-bond acceptors (Lipinski definition) is 6. The second kappa shape index (κ2) is 6.72. The SMILES string of the molecule is Cc1nonc1CC(=O)NCC1(C(F)(F)F)OC(=O)Nc2ccc(Cl)cc21. The number of benzene rings is 1. The Morgan fingerprint density at radius 1 is 1.37 bits per heavy atom. The van der Waals surface area contributed by atoms with Crippen LogP contribution in [0.15, 0.2) is 22.8 Å². The maximum absolute atomic E-state index is 13.9. The van der Waals surface area contributed by atoms with E-state index in [1.807, 2.05) is 0 Å². The summed E-state index contributed by atoms with van der Waals surface area (Å²) in [6, 6.07) is 3.58. The van der Waals surface area contributed by atoms with Gasteiger partial charge in [-0.15, -0.1) is 0 Å². The first-order chi connectivity index (χ1) is 12.6. The Hall–Kier alpha value is -2.82. The summed E-state index contributed by atoms with van der Waals surface area (Å²) in [4.78, 5) is 23.8. The predicted molar refractivity (Wildman–Crippen MR) is 85.0 cm³/mol. The Balaban J connectivity index is 1.91. The molecule has 144 valence electrons. The highest BCUT2D eigenvalue weighted by molar-refractivity contribution is 6.30. The van der Waals surface area contributed by atoms with Gasteiger partial charge in [0.25, 0.3) is 5.60 Å². The summed E-state index contributed by atoms with van der Waals surface area (Å²) in [5, 5.41) is 11.3. The molecule has 0 spiro atoms. The number of hydrogen-bond donors (Lipinski definition) is 2. The molecule has 8 nitrogen and oxygen atoms in total. The fraction of sp³-hybridized carbons (Fsp3) is 0.333. The van der Waals surface area contributed by atoms with Crippen LogP contribution in [0.5, 0.6) is 0 Å². The van der Waals surface area contributed by atoms with Gasteiger partial charge in [0.15, 0.2) is 0 Å². The molecule has 2 aromatic rings. The maximum Gasteiger partial charge on any atom is 0.434 e. The van der Waals surface area contributed by atoms with Crippen molar-refractivity contribution >= 4 is 29.3 Å². The van der Waals surface area contributed by atoms with E-state index in [1.165, 1.54) is 19.1 Å². The Bertz CT molecular complexity index is 901. The van der Waals surface area contributed by atoms with E-state index in [0.29, 0.717) is 5.69 Å². The average molecular weight is 405 g/mol. The average Bonchev–Trinajstić information content (AvgIpc) is 2.97. The second-order valence-corrected chi connectivity index (χ2v) is 6.22. The van der Waals surface area contributed by atoms with Crippen LogP contribution in [0.4, 0.5) is 23.7 Å². The number of rotatable bonds is 4. The Labute approximate surface area is 155 Å². The summed E-state index contributed by atoms with van der Waals surface area (Å²) in [7, 11) is 0. The molecule has 0 aliphatic carbocycles. The maximum atomic E-state index is 13.9. The topological polar surface area (TPSA) is 106 Å².